The van der Waals surface area contributed by atoms with Gasteiger partial charge in [-0.1, -0.05) is 30.5 Å². The Bertz CT molecular complexity index is 1250. The van der Waals surface area contributed by atoms with E-state index in [1.54, 1.807) is 35.1 Å². The van der Waals surface area contributed by atoms with Gasteiger partial charge in [-0.2, -0.15) is 0 Å². The Morgan fingerprint density at radius 1 is 1.16 bits per heavy atom. The van der Waals surface area contributed by atoms with Gasteiger partial charge in [0.15, 0.2) is 0 Å². The summed E-state index contributed by atoms with van der Waals surface area (Å²) < 4.78 is 1.60. The second-order valence-electron chi connectivity index (χ2n) is 8.75. The molecule has 166 valence electrons. The fourth-order valence-corrected chi connectivity index (χ4v) is 5.21. The van der Waals surface area contributed by atoms with E-state index in [0.29, 0.717) is 41.7 Å². The molecule has 0 bridgehead atoms. The highest BCUT2D eigenvalue weighted by Crippen LogP contribution is 2.37. The first kappa shape index (κ1) is 21.1. The lowest BCUT2D eigenvalue weighted by atomic mass is 9.91. The number of rotatable bonds is 3. The summed E-state index contributed by atoms with van der Waals surface area (Å²) in [5.41, 5.74) is 4.07. The molecule has 0 spiro atoms. The zero-order valence-corrected chi connectivity index (χ0v) is 18.7. The predicted molar refractivity (Wildman–Crippen MR) is 123 cm³/mol. The van der Waals surface area contributed by atoms with Crippen molar-refractivity contribution in [3.63, 3.8) is 0 Å². The van der Waals surface area contributed by atoms with Crippen LogP contribution in [-0.2, 0) is 17.6 Å². The number of fused-ring (bicyclic) bond motifs is 3. The van der Waals surface area contributed by atoms with E-state index in [0.717, 1.165) is 41.6 Å². The highest BCUT2D eigenvalue weighted by Gasteiger charge is 2.30. The summed E-state index contributed by atoms with van der Waals surface area (Å²) in [5, 5.41) is 11.4. The highest BCUT2D eigenvalue weighted by atomic mass is 35.5. The molecule has 8 heteroatoms. The molecule has 3 aromatic rings. The number of aliphatic hydroxyl groups excluding tert-OH is 1. The number of benzene rings is 1. The van der Waals surface area contributed by atoms with E-state index >= 15 is 0 Å². The second kappa shape index (κ2) is 8.30. The monoisotopic (exact) mass is 452 g/mol. The van der Waals surface area contributed by atoms with E-state index in [-0.39, 0.29) is 17.5 Å². The minimum Gasteiger partial charge on any atom is -0.391 e. The maximum absolute atomic E-state index is 13.6. The number of anilines is 1. The van der Waals surface area contributed by atoms with E-state index in [9.17, 15) is 14.7 Å². The number of carbonyl (C=O) groups excluding carboxylic acids is 1. The van der Waals surface area contributed by atoms with Gasteiger partial charge in [0.25, 0.3) is 5.56 Å². The van der Waals surface area contributed by atoms with E-state index < -0.39 is 6.10 Å². The number of aryl methyl sites for hydroxylation is 1. The largest absolute Gasteiger partial charge is 0.391 e. The summed E-state index contributed by atoms with van der Waals surface area (Å²) in [6.45, 7) is 0. The molecule has 1 saturated carbocycles. The van der Waals surface area contributed by atoms with Crippen LogP contribution in [0.2, 0.25) is 5.15 Å². The van der Waals surface area contributed by atoms with E-state index in [1.165, 1.54) is 0 Å². The van der Waals surface area contributed by atoms with Crippen molar-refractivity contribution in [1.82, 2.24) is 14.5 Å². The zero-order chi connectivity index (χ0) is 22.4. The van der Waals surface area contributed by atoms with Crippen molar-refractivity contribution in [1.29, 1.82) is 0 Å². The molecule has 0 radical (unpaired) electrons. The van der Waals surface area contributed by atoms with Crippen molar-refractivity contribution >= 4 is 34.1 Å². The lowest BCUT2D eigenvalue weighted by molar-refractivity contribution is -0.118. The van der Waals surface area contributed by atoms with E-state index in [2.05, 4.69) is 9.97 Å². The molecule has 1 fully saturated rings. The van der Waals surface area contributed by atoms with Gasteiger partial charge in [-0.3, -0.25) is 14.2 Å². The van der Waals surface area contributed by atoms with Gasteiger partial charge in [0.2, 0.25) is 5.91 Å². The van der Waals surface area contributed by atoms with Gasteiger partial charge in [-0.05, 0) is 42.5 Å². The third kappa shape index (κ3) is 3.59. The van der Waals surface area contributed by atoms with Gasteiger partial charge in [0, 0.05) is 31.6 Å². The summed E-state index contributed by atoms with van der Waals surface area (Å²) in [4.78, 5) is 36.6. The molecule has 3 heterocycles. The Kier molecular flexibility index (Phi) is 5.47. The number of aliphatic hydroxyl groups is 1. The number of amides is 1. The average Bonchev–Trinajstić information content (AvgIpc) is 2.79. The summed E-state index contributed by atoms with van der Waals surface area (Å²) in [7, 11) is 1.77. The van der Waals surface area contributed by atoms with Crippen LogP contribution in [-0.4, -0.2) is 38.7 Å². The van der Waals surface area contributed by atoms with Crippen LogP contribution in [0.5, 0.6) is 0 Å². The Hall–Kier alpha value is -2.77. The molecular weight excluding hydrogens is 428 g/mol. The number of nitrogens with zero attached hydrogens (tertiary/aromatic N) is 4. The molecule has 5 rings (SSSR count). The molecule has 1 aliphatic carbocycles. The molecule has 1 aliphatic heterocycles. The molecule has 32 heavy (non-hydrogen) atoms. The van der Waals surface area contributed by atoms with Gasteiger partial charge < -0.3 is 10.0 Å². The van der Waals surface area contributed by atoms with Gasteiger partial charge >= 0.3 is 0 Å². The maximum Gasteiger partial charge on any atom is 0.261 e. The van der Waals surface area contributed by atoms with Crippen LogP contribution in [0.3, 0.4) is 0 Å². The zero-order valence-electron chi connectivity index (χ0n) is 17.9. The Balaban J connectivity index is 1.70. The number of carbonyl (C=O) groups is 1. The van der Waals surface area contributed by atoms with Crippen LogP contribution < -0.4 is 10.5 Å². The lowest BCUT2D eigenvalue weighted by Crippen LogP contribution is -2.36. The average molecular weight is 453 g/mol. The predicted octanol–water partition coefficient (Wildman–Crippen LogP) is 3.42. The van der Waals surface area contributed by atoms with E-state index in [1.807, 2.05) is 12.1 Å². The van der Waals surface area contributed by atoms with Crippen molar-refractivity contribution in [2.75, 3.05) is 11.9 Å². The van der Waals surface area contributed by atoms with Gasteiger partial charge in [-0.15, -0.1) is 0 Å². The highest BCUT2D eigenvalue weighted by molar-refractivity contribution is 6.29. The SMILES string of the molecule is CN1C(=O)CCc2c1c(Cc1ccc(Cl)nc1)cc1c(=O)n([C@H]3CCCC[C@@H]3O)cnc21. The Morgan fingerprint density at radius 3 is 2.72 bits per heavy atom. The molecular formula is C24H25ClN4O3. The normalized spacial score (nSPS) is 21.1. The van der Waals surface area contributed by atoms with Crippen LogP contribution in [0.25, 0.3) is 10.9 Å². The van der Waals surface area contributed by atoms with Crippen molar-refractivity contribution in [3.05, 3.63) is 62.9 Å². The maximum atomic E-state index is 13.6. The molecule has 2 aromatic heterocycles. The minimum absolute atomic E-state index is 0.0472. The minimum atomic E-state index is -0.540. The first-order valence-corrected chi connectivity index (χ1v) is 11.4. The Labute approximate surface area is 190 Å². The number of pyridine rings is 1. The van der Waals surface area contributed by atoms with Crippen LogP contribution in [0.1, 0.15) is 54.8 Å². The van der Waals surface area contributed by atoms with Crippen LogP contribution in [0, 0.1) is 0 Å². The fourth-order valence-electron chi connectivity index (χ4n) is 5.10. The van der Waals surface area contributed by atoms with Gasteiger partial charge in [-0.25, -0.2) is 9.97 Å². The number of halogens is 1. The number of hydrogen-bond acceptors (Lipinski definition) is 5. The molecule has 0 saturated heterocycles. The molecule has 7 nitrogen and oxygen atoms in total. The molecule has 2 atom stereocenters. The smallest absolute Gasteiger partial charge is 0.261 e. The molecule has 0 unspecified atom stereocenters. The molecule has 1 aromatic carbocycles. The summed E-state index contributed by atoms with van der Waals surface area (Å²) in [6, 6.07) is 5.24. The second-order valence-corrected chi connectivity index (χ2v) is 9.14. The Morgan fingerprint density at radius 2 is 1.97 bits per heavy atom. The summed E-state index contributed by atoms with van der Waals surface area (Å²) in [5.74, 6) is 0.0472. The molecule has 1 N–H and O–H groups in total. The topological polar surface area (TPSA) is 88.3 Å². The first-order valence-electron chi connectivity index (χ1n) is 11.0. The summed E-state index contributed by atoms with van der Waals surface area (Å²) in [6.07, 6.45) is 7.61. The van der Waals surface area contributed by atoms with Crippen molar-refractivity contribution in [2.45, 2.75) is 57.1 Å². The fraction of sp³-hybridized carbons (Fsp3) is 0.417. The van der Waals surface area contributed by atoms with Gasteiger partial charge in [0.05, 0.1) is 35.1 Å². The standard InChI is InChI=1S/C24H25ClN4O3/c1-28-21(31)9-7-16-22-17(11-15(23(16)28)10-14-6-8-20(25)26-12-14)24(32)29(13-27-22)18-4-2-3-5-19(18)30/h6,8,11-13,18-19,30H,2-5,7,9-10H2,1H3/t18-,19-/m0/s1. The van der Waals surface area contributed by atoms with Crippen molar-refractivity contribution < 1.29 is 9.90 Å². The van der Waals surface area contributed by atoms with Crippen LogP contribution >= 0.6 is 11.6 Å². The van der Waals surface area contributed by atoms with Crippen LogP contribution in [0.4, 0.5) is 5.69 Å². The number of aromatic nitrogens is 3. The van der Waals surface area contributed by atoms with Gasteiger partial charge in [0.1, 0.15) is 5.15 Å². The first-order chi connectivity index (χ1) is 15.4. The molecule has 1 amide bonds. The lowest BCUT2D eigenvalue weighted by Gasteiger charge is -2.31. The number of hydrogen-bond donors (Lipinski definition) is 1. The summed E-state index contributed by atoms with van der Waals surface area (Å²) >= 11 is 5.94. The van der Waals surface area contributed by atoms with Crippen LogP contribution in [0.15, 0.2) is 35.5 Å². The quantitative estimate of drug-likeness (QED) is 0.615. The van der Waals surface area contributed by atoms with Crippen molar-refractivity contribution in [3.8, 4) is 0 Å². The van der Waals surface area contributed by atoms with Crippen molar-refractivity contribution in [2.24, 2.45) is 0 Å². The molecule has 2 aliphatic rings. The third-order valence-electron chi connectivity index (χ3n) is 6.76. The van der Waals surface area contributed by atoms with E-state index in [4.69, 9.17) is 11.6 Å². The third-order valence-corrected chi connectivity index (χ3v) is 6.98.